The van der Waals surface area contributed by atoms with Crippen LogP contribution in [-0.4, -0.2) is 24.2 Å². The number of hydrazine groups is 1. The van der Waals surface area contributed by atoms with Crippen molar-refractivity contribution >= 4 is 11.3 Å². The zero-order valence-electron chi connectivity index (χ0n) is 11.3. The maximum atomic E-state index is 5.54. The van der Waals surface area contributed by atoms with Crippen molar-refractivity contribution in [1.82, 2.24) is 10.4 Å². The standard InChI is InChI=1S/C12H23N3OS/c1-8(16-5)9(15-13)6-11-14-10(7-17-11)12(2,3)4/h7-9,15H,6,13H2,1-5H3. The SMILES string of the molecule is COC(C)C(Cc1nc(C(C)(C)C)cs1)NN. The third-order valence-electron chi connectivity index (χ3n) is 2.87. The molecule has 98 valence electrons. The predicted octanol–water partition coefficient (Wildman–Crippen LogP) is 1.85. The van der Waals surface area contributed by atoms with Crippen molar-refractivity contribution in [2.75, 3.05) is 7.11 Å². The average molecular weight is 257 g/mol. The molecule has 0 aliphatic carbocycles. The summed E-state index contributed by atoms with van der Waals surface area (Å²) in [6, 6.07) is 0.0963. The lowest BCUT2D eigenvalue weighted by Gasteiger charge is -2.21. The van der Waals surface area contributed by atoms with Gasteiger partial charge in [-0.1, -0.05) is 20.8 Å². The highest BCUT2D eigenvalue weighted by Gasteiger charge is 2.21. The molecule has 17 heavy (non-hydrogen) atoms. The zero-order valence-corrected chi connectivity index (χ0v) is 12.1. The third kappa shape index (κ3) is 4.03. The van der Waals surface area contributed by atoms with Crippen molar-refractivity contribution in [2.24, 2.45) is 5.84 Å². The molecule has 4 nitrogen and oxygen atoms in total. The Kier molecular flexibility index (Phi) is 5.06. The van der Waals surface area contributed by atoms with E-state index in [0.717, 1.165) is 17.1 Å². The van der Waals surface area contributed by atoms with E-state index in [9.17, 15) is 0 Å². The van der Waals surface area contributed by atoms with Crippen molar-refractivity contribution in [3.8, 4) is 0 Å². The molecule has 0 aliphatic heterocycles. The first-order valence-corrected chi connectivity index (χ1v) is 6.70. The molecule has 2 atom stereocenters. The summed E-state index contributed by atoms with van der Waals surface area (Å²) in [4.78, 5) is 4.65. The Bertz CT molecular complexity index is 346. The lowest BCUT2D eigenvalue weighted by atomic mass is 9.93. The Morgan fingerprint density at radius 1 is 1.53 bits per heavy atom. The maximum Gasteiger partial charge on any atom is 0.0945 e. The van der Waals surface area contributed by atoms with Crippen LogP contribution in [0, 0.1) is 0 Å². The topological polar surface area (TPSA) is 60.2 Å². The highest BCUT2D eigenvalue weighted by molar-refractivity contribution is 7.09. The van der Waals surface area contributed by atoms with Crippen LogP contribution in [0.2, 0.25) is 0 Å². The van der Waals surface area contributed by atoms with Crippen molar-refractivity contribution < 1.29 is 4.74 Å². The van der Waals surface area contributed by atoms with Gasteiger partial charge in [0.05, 0.1) is 22.8 Å². The van der Waals surface area contributed by atoms with Gasteiger partial charge in [-0.05, 0) is 6.92 Å². The minimum atomic E-state index is 0.0713. The van der Waals surface area contributed by atoms with Gasteiger partial charge in [-0.2, -0.15) is 0 Å². The molecular weight excluding hydrogens is 234 g/mol. The lowest BCUT2D eigenvalue weighted by molar-refractivity contribution is 0.0831. The first kappa shape index (κ1) is 14.6. The third-order valence-corrected chi connectivity index (χ3v) is 3.74. The Morgan fingerprint density at radius 3 is 2.59 bits per heavy atom. The van der Waals surface area contributed by atoms with Crippen molar-refractivity contribution in [2.45, 2.75) is 51.7 Å². The molecule has 0 aliphatic rings. The molecule has 0 bridgehead atoms. The minimum absolute atomic E-state index is 0.0713. The van der Waals surface area contributed by atoms with E-state index in [2.05, 4.69) is 36.6 Å². The summed E-state index contributed by atoms with van der Waals surface area (Å²) < 4.78 is 5.28. The zero-order chi connectivity index (χ0) is 13.1. The summed E-state index contributed by atoms with van der Waals surface area (Å²) in [7, 11) is 1.69. The summed E-state index contributed by atoms with van der Waals surface area (Å²) >= 11 is 1.69. The Labute approximate surface area is 108 Å². The van der Waals surface area contributed by atoms with E-state index < -0.39 is 0 Å². The molecule has 0 aromatic carbocycles. The van der Waals surface area contributed by atoms with Crippen LogP contribution < -0.4 is 11.3 Å². The van der Waals surface area contributed by atoms with Gasteiger partial charge in [0, 0.05) is 24.3 Å². The number of nitrogens with one attached hydrogen (secondary N) is 1. The highest BCUT2D eigenvalue weighted by atomic mass is 32.1. The minimum Gasteiger partial charge on any atom is -0.380 e. The molecule has 0 amide bonds. The number of hydrogen-bond donors (Lipinski definition) is 2. The smallest absolute Gasteiger partial charge is 0.0945 e. The van der Waals surface area contributed by atoms with E-state index in [-0.39, 0.29) is 17.6 Å². The van der Waals surface area contributed by atoms with E-state index in [0.29, 0.717) is 0 Å². The second-order valence-corrected chi connectivity index (χ2v) is 6.24. The molecular formula is C12H23N3OS. The molecule has 0 radical (unpaired) electrons. The molecule has 0 saturated heterocycles. The number of ether oxygens (including phenoxy) is 1. The van der Waals surface area contributed by atoms with Crippen LogP contribution in [-0.2, 0) is 16.6 Å². The van der Waals surface area contributed by atoms with Gasteiger partial charge in [0.25, 0.3) is 0 Å². The van der Waals surface area contributed by atoms with Gasteiger partial charge >= 0.3 is 0 Å². The van der Waals surface area contributed by atoms with Gasteiger partial charge in [0.1, 0.15) is 0 Å². The first-order valence-electron chi connectivity index (χ1n) is 5.82. The number of nitrogens with zero attached hydrogens (tertiary/aromatic N) is 1. The van der Waals surface area contributed by atoms with Gasteiger partial charge in [-0.3, -0.25) is 11.3 Å². The van der Waals surface area contributed by atoms with E-state index >= 15 is 0 Å². The van der Waals surface area contributed by atoms with E-state index in [4.69, 9.17) is 10.6 Å². The van der Waals surface area contributed by atoms with Crippen LogP contribution in [0.4, 0.5) is 0 Å². The maximum absolute atomic E-state index is 5.54. The average Bonchev–Trinajstić information content (AvgIpc) is 2.73. The summed E-state index contributed by atoms with van der Waals surface area (Å²) in [5.41, 5.74) is 4.03. The predicted molar refractivity (Wildman–Crippen MR) is 72.1 cm³/mol. The fraction of sp³-hybridized carbons (Fsp3) is 0.750. The van der Waals surface area contributed by atoms with Gasteiger partial charge in [-0.25, -0.2) is 4.98 Å². The summed E-state index contributed by atoms with van der Waals surface area (Å²) in [6.07, 6.45) is 0.869. The molecule has 2 unspecified atom stereocenters. The van der Waals surface area contributed by atoms with Crippen molar-refractivity contribution in [3.63, 3.8) is 0 Å². The second-order valence-electron chi connectivity index (χ2n) is 5.29. The van der Waals surface area contributed by atoms with Gasteiger partial charge in [0.2, 0.25) is 0 Å². The normalized spacial score (nSPS) is 15.9. The number of nitrogens with two attached hydrogens (primary N) is 1. The molecule has 3 N–H and O–H groups in total. The number of methoxy groups -OCH3 is 1. The fourth-order valence-electron chi connectivity index (χ4n) is 1.46. The number of hydrogen-bond acceptors (Lipinski definition) is 5. The summed E-state index contributed by atoms with van der Waals surface area (Å²) in [6.45, 7) is 8.51. The number of thiazole rings is 1. The van der Waals surface area contributed by atoms with Crippen LogP contribution in [0.25, 0.3) is 0 Å². The van der Waals surface area contributed by atoms with Crippen LogP contribution in [0.15, 0.2) is 5.38 Å². The number of aromatic nitrogens is 1. The van der Waals surface area contributed by atoms with Gasteiger partial charge < -0.3 is 4.74 Å². The van der Waals surface area contributed by atoms with Crippen molar-refractivity contribution in [3.05, 3.63) is 16.1 Å². The fourth-order valence-corrected chi connectivity index (χ4v) is 2.54. The first-order chi connectivity index (χ1) is 7.88. The quantitative estimate of drug-likeness (QED) is 0.624. The number of rotatable bonds is 5. The van der Waals surface area contributed by atoms with Gasteiger partial charge in [-0.15, -0.1) is 11.3 Å². The molecule has 1 aromatic heterocycles. The van der Waals surface area contributed by atoms with E-state index in [1.807, 2.05) is 6.92 Å². The summed E-state index contributed by atoms with van der Waals surface area (Å²) in [5.74, 6) is 5.54. The largest absolute Gasteiger partial charge is 0.380 e. The van der Waals surface area contributed by atoms with E-state index in [1.54, 1.807) is 18.4 Å². The van der Waals surface area contributed by atoms with E-state index in [1.165, 1.54) is 0 Å². The molecule has 0 saturated carbocycles. The second kappa shape index (κ2) is 5.91. The van der Waals surface area contributed by atoms with Crippen molar-refractivity contribution in [1.29, 1.82) is 0 Å². The van der Waals surface area contributed by atoms with Gasteiger partial charge in [0.15, 0.2) is 0 Å². The molecule has 0 spiro atoms. The molecule has 1 aromatic rings. The van der Waals surface area contributed by atoms with Crippen LogP contribution in [0.5, 0.6) is 0 Å². The summed E-state index contributed by atoms with van der Waals surface area (Å²) in [5, 5.41) is 3.22. The molecule has 1 rings (SSSR count). The Balaban J connectivity index is 2.71. The Morgan fingerprint density at radius 2 is 2.18 bits per heavy atom. The van der Waals surface area contributed by atoms with Crippen LogP contribution >= 0.6 is 11.3 Å². The van der Waals surface area contributed by atoms with Crippen LogP contribution in [0.1, 0.15) is 38.4 Å². The molecule has 1 heterocycles. The highest BCUT2D eigenvalue weighted by Crippen LogP contribution is 2.24. The molecule has 0 fully saturated rings. The Hall–Kier alpha value is -0.490. The molecule has 5 heteroatoms. The monoisotopic (exact) mass is 257 g/mol. The lowest BCUT2D eigenvalue weighted by Crippen LogP contribution is -2.45. The van der Waals surface area contributed by atoms with Crippen LogP contribution in [0.3, 0.4) is 0 Å².